The smallest absolute Gasteiger partial charge is 0.340 e. The van der Waals surface area contributed by atoms with Gasteiger partial charge in [-0.2, -0.15) is 5.26 Å². The summed E-state index contributed by atoms with van der Waals surface area (Å²) in [5.41, 5.74) is 2.65. The van der Waals surface area contributed by atoms with Gasteiger partial charge in [-0.15, -0.1) is 11.3 Å². The lowest BCUT2D eigenvalue weighted by Gasteiger charge is -2.08. The zero-order valence-corrected chi connectivity index (χ0v) is 15.8. The molecule has 140 valence electrons. The SMILES string of the molecule is CCOC(=O)c1ccccc1N/C=C(/C#N)c1nc(-c2ccc(F)cc2)cs1. The summed E-state index contributed by atoms with van der Waals surface area (Å²) in [5.74, 6) is -0.758. The number of benzene rings is 2. The molecule has 28 heavy (non-hydrogen) atoms. The average Bonchev–Trinajstić information content (AvgIpc) is 3.19. The second-order valence-corrected chi connectivity index (χ2v) is 6.48. The fraction of sp³-hybridized carbons (Fsp3) is 0.0952. The predicted octanol–water partition coefficient (Wildman–Crippen LogP) is 5.10. The molecule has 1 aromatic heterocycles. The summed E-state index contributed by atoms with van der Waals surface area (Å²) >= 11 is 1.31. The number of hydrogen-bond acceptors (Lipinski definition) is 6. The number of para-hydroxylation sites is 1. The number of nitrogens with zero attached hydrogens (tertiary/aromatic N) is 2. The predicted molar refractivity (Wildman–Crippen MR) is 107 cm³/mol. The monoisotopic (exact) mass is 393 g/mol. The van der Waals surface area contributed by atoms with E-state index >= 15 is 0 Å². The molecule has 0 unspecified atom stereocenters. The number of allylic oxidation sites excluding steroid dienone is 1. The Balaban J connectivity index is 1.83. The highest BCUT2D eigenvalue weighted by molar-refractivity contribution is 7.11. The molecule has 0 fully saturated rings. The van der Waals surface area contributed by atoms with Crippen LogP contribution in [0.5, 0.6) is 0 Å². The lowest BCUT2D eigenvalue weighted by Crippen LogP contribution is -2.07. The second-order valence-electron chi connectivity index (χ2n) is 5.62. The van der Waals surface area contributed by atoms with Gasteiger partial charge in [-0.1, -0.05) is 12.1 Å². The Kier molecular flexibility index (Phi) is 6.14. The number of carbonyl (C=O) groups excluding carboxylic acids is 1. The summed E-state index contributed by atoms with van der Waals surface area (Å²) < 4.78 is 18.1. The second kappa shape index (κ2) is 8.93. The fourth-order valence-corrected chi connectivity index (χ4v) is 3.23. The van der Waals surface area contributed by atoms with Crippen LogP contribution >= 0.6 is 11.3 Å². The van der Waals surface area contributed by atoms with Crippen LogP contribution in [0.4, 0.5) is 10.1 Å². The molecule has 3 rings (SSSR count). The number of rotatable bonds is 6. The van der Waals surface area contributed by atoms with E-state index in [0.717, 1.165) is 5.56 Å². The first-order valence-corrected chi connectivity index (χ1v) is 9.35. The number of aromatic nitrogens is 1. The number of halogens is 1. The molecule has 1 heterocycles. The van der Waals surface area contributed by atoms with Crippen molar-refractivity contribution in [2.45, 2.75) is 6.92 Å². The third kappa shape index (κ3) is 4.42. The molecule has 0 bridgehead atoms. The van der Waals surface area contributed by atoms with Crippen molar-refractivity contribution in [2.75, 3.05) is 11.9 Å². The van der Waals surface area contributed by atoms with Crippen LogP contribution in [0.25, 0.3) is 16.8 Å². The topological polar surface area (TPSA) is 75.0 Å². The van der Waals surface area contributed by atoms with E-state index in [0.29, 0.717) is 27.5 Å². The molecule has 0 aliphatic rings. The molecule has 1 N–H and O–H groups in total. The number of esters is 1. The van der Waals surface area contributed by atoms with Crippen LogP contribution in [0.15, 0.2) is 60.1 Å². The molecule has 5 nitrogen and oxygen atoms in total. The maximum Gasteiger partial charge on any atom is 0.340 e. The van der Waals surface area contributed by atoms with Crippen LogP contribution in [-0.2, 0) is 4.74 Å². The Morgan fingerprint density at radius 3 is 2.75 bits per heavy atom. The average molecular weight is 393 g/mol. The number of nitrogens with one attached hydrogen (secondary N) is 1. The molecule has 0 saturated carbocycles. The molecule has 0 radical (unpaired) electrons. The molecule has 0 aliphatic carbocycles. The Morgan fingerprint density at radius 1 is 1.29 bits per heavy atom. The Bertz CT molecular complexity index is 1050. The molecule has 2 aromatic carbocycles. The summed E-state index contributed by atoms with van der Waals surface area (Å²) in [7, 11) is 0. The molecule has 0 amide bonds. The van der Waals surface area contributed by atoms with E-state index in [1.54, 1.807) is 48.7 Å². The number of anilines is 1. The van der Waals surface area contributed by atoms with E-state index < -0.39 is 5.97 Å². The largest absolute Gasteiger partial charge is 0.462 e. The van der Waals surface area contributed by atoms with Gasteiger partial charge < -0.3 is 10.1 Å². The fourth-order valence-electron chi connectivity index (χ4n) is 2.44. The van der Waals surface area contributed by atoms with E-state index in [1.807, 2.05) is 0 Å². The summed E-state index contributed by atoms with van der Waals surface area (Å²) in [6.45, 7) is 2.01. The zero-order valence-electron chi connectivity index (χ0n) is 15.0. The van der Waals surface area contributed by atoms with Gasteiger partial charge in [-0.05, 0) is 43.3 Å². The van der Waals surface area contributed by atoms with E-state index in [9.17, 15) is 14.4 Å². The third-order valence-electron chi connectivity index (χ3n) is 3.79. The molecule has 0 spiro atoms. The number of hydrogen-bond donors (Lipinski definition) is 1. The number of nitriles is 1. The van der Waals surface area contributed by atoms with Crippen molar-refractivity contribution in [1.29, 1.82) is 5.26 Å². The van der Waals surface area contributed by atoms with Gasteiger partial charge in [0, 0.05) is 17.1 Å². The molecule has 0 saturated heterocycles. The van der Waals surface area contributed by atoms with Crippen LogP contribution in [-0.4, -0.2) is 17.6 Å². The maximum absolute atomic E-state index is 13.1. The summed E-state index contributed by atoms with van der Waals surface area (Å²) in [6.07, 6.45) is 1.51. The van der Waals surface area contributed by atoms with Crippen LogP contribution in [0.3, 0.4) is 0 Å². The van der Waals surface area contributed by atoms with Gasteiger partial charge in [0.2, 0.25) is 0 Å². The van der Waals surface area contributed by atoms with Gasteiger partial charge >= 0.3 is 5.97 Å². The van der Waals surface area contributed by atoms with E-state index in [1.165, 1.54) is 29.7 Å². The van der Waals surface area contributed by atoms with Crippen LogP contribution in [0.2, 0.25) is 0 Å². The van der Waals surface area contributed by atoms with Crippen LogP contribution < -0.4 is 5.32 Å². The summed E-state index contributed by atoms with van der Waals surface area (Å²) in [4.78, 5) is 16.5. The molecular weight excluding hydrogens is 377 g/mol. The quantitative estimate of drug-likeness (QED) is 0.466. The van der Waals surface area contributed by atoms with Crippen molar-refractivity contribution in [2.24, 2.45) is 0 Å². The number of carbonyl (C=O) groups is 1. The minimum atomic E-state index is -0.439. The Morgan fingerprint density at radius 2 is 2.04 bits per heavy atom. The summed E-state index contributed by atoms with van der Waals surface area (Å²) in [5, 5.41) is 14.8. The molecular formula is C21H16FN3O2S. The van der Waals surface area contributed by atoms with Crippen molar-refractivity contribution < 1.29 is 13.9 Å². The van der Waals surface area contributed by atoms with Crippen molar-refractivity contribution in [3.05, 3.63) is 76.5 Å². The molecule has 3 aromatic rings. The van der Waals surface area contributed by atoms with Crippen molar-refractivity contribution >= 4 is 28.6 Å². The van der Waals surface area contributed by atoms with Crippen LogP contribution in [0.1, 0.15) is 22.3 Å². The van der Waals surface area contributed by atoms with E-state index in [4.69, 9.17) is 4.74 Å². The van der Waals surface area contributed by atoms with Gasteiger partial charge in [-0.3, -0.25) is 0 Å². The maximum atomic E-state index is 13.1. The van der Waals surface area contributed by atoms with E-state index in [-0.39, 0.29) is 12.4 Å². The molecule has 0 aliphatic heterocycles. The van der Waals surface area contributed by atoms with Gasteiger partial charge in [-0.25, -0.2) is 14.2 Å². The standard InChI is InChI=1S/C21H16FN3O2S/c1-2-27-21(26)17-5-3-4-6-18(17)24-12-15(11-23)20-25-19(13-28-20)14-7-9-16(22)10-8-14/h3-10,12-13,24H,2H2,1H3/b15-12-. The third-order valence-corrected chi connectivity index (χ3v) is 4.67. The first-order chi connectivity index (χ1) is 13.6. The summed E-state index contributed by atoms with van der Waals surface area (Å²) in [6, 6.07) is 15.0. The highest BCUT2D eigenvalue weighted by atomic mass is 32.1. The van der Waals surface area contributed by atoms with Crippen molar-refractivity contribution in [1.82, 2.24) is 4.98 Å². The highest BCUT2D eigenvalue weighted by Crippen LogP contribution is 2.26. The lowest BCUT2D eigenvalue weighted by molar-refractivity contribution is 0.0527. The van der Waals surface area contributed by atoms with Crippen molar-refractivity contribution in [3.63, 3.8) is 0 Å². The molecule has 7 heteroatoms. The highest BCUT2D eigenvalue weighted by Gasteiger charge is 2.13. The first kappa shape index (κ1) is 19.3. The van der Waals surface area contributed by atoms with Gasteiger partial charge in [0.05, 0.1) is 23.6 Å². The van der Waals surface area contributed by atoms with Crippen molar-refractivity contribution in [3.8, 4) is 17.3 Å². The normalized spacial score (nSPS) is 11.0. The lowest BCUT2D eigenvalue weighted by atomic mass is 10.1. The minimum absolute atomic E-state index is 0.276. The van der Waals surface area contributed by atoms with E-state index in [2.05, 4.69) is 16.4 Å². The first-order valence-electron chi connectivity index (χ1n) is 8.47. The van der Waals surface area contributed by atoms with Gasteiger partial charge in [0.15, 0.2) is 0 Å². The Labute approximate surface area is 165 Å². The molecule has 0 atom stereocenters. The minimum Gasteiger partial charge on any atom is -0.462 e. The van der Waals surface area contributed by atoms with Crippen LogP contribution in [0, 0.1) is 17.1 Å². The van der Waals surface area contributed by atoms with Gasteiger partial charge in [0.25, 0.3) is 0 Å². The number of thiazole rings is 1. The van der Waals surface area contributed by atoms with Gasteiger partial charge in [0.1, 0.15) is 22.5 Å². The zero-order chi connectivity index (χ0) is 19.9. The Hall–Kier alpha value is -3.50. The number of ether oxygens (including phenoxy) is 1.